The first-order chi connectivity index (χ1) is 6.22. The molecule has 0 aliphatic carbocycles. The Labute approximate surface area is 87.0 Å². The SMILES string of the molecule is CC(=S)Nc1ccc(SC#N)cc1. The summed E-state index contributed by atoms with van der Waals surface area (Å²) in [5, 5.41) is 13.4. The number of hydrogen-bond donors (Lipinski definition) is 1. The van der Waals surface area contributed by atoms with Gasteiger partial charge in [-0.3, -0.25) is 0 Å². The fourth-order valence-electron chi connectivity index (χ4n) is 0.862. The number of benzene rings is 1. The van der Waals surface area contributed by atoms with E-state index in [2.05, 4.69) is 5.32 Å². The van der Waals surface area contributed by atoms with Crippen LogP contribution in [0.15, 0.2) is 29.2 Å². The van der Waals surface area contributed by atoms with Crippen LogP contribution in [-0.2, 0) is 0 Å². The Morgan fingerprint density at radius 1 is 1.46 bits per heavy atom. The van der Waals surface area contributed by atoms with Crippen molar-refractivity contribution in [3.8, 4) is 5.40 Å². The van der Waals surface area contributed by atoms with Gasteiger partial charge in [-0.2, -0.15) is 5.26 Å². The Morgan fingerprint density at radius 3 is 2.54 bits per heavy atom. The lowest BCUT2D eigenvalue weighted by Gasteiger charge is -2.03. The Bertz CT molecular complexity index is 338. The van der Waals surface area contributed by atoms with Gasteiger partial charge in [0, 0.05) is 10.6 Å². The number of thiocyanates is 1. The van der Waals surface area contributed by atoms with E-state index < -0.39 is 0 Å². The van der Waals surface area contributed by atoms with Crippen molar-refractivity contribution in [2.24, 2.45) is 0 Å². The highest BCUT2D eigenvalue weighted by Gasteiger charge is 1.94. The number of nitrogens with zero attached hydrogens (tertiary/aromatic N) is 1. The standard InChI is InChI=1S/C9H8N2S2/c1-7(12)11-8-2-4-9(5-3-8)13-6-10/h2-5H,1H3,(H,11,12). The molecule has 0 aromatic heterocycles. The van der Waals surface area contributed by atoms with Crippen molar-refractivity contribution >= 4 is 34.7 Å². The quantitative estimate of drug-likeness (QED) is 0.460. The zero-order chi connectivity index (χ0) is 9.68. The van der Waals surface area contributed by atoms with Crippen molar-refractivity contribution in [1.82, 2.24) is 0 Å². The first-order valence-electron chi connectivity index (χ1n) is 3.66. The molecule has 0 radical (unpaired) electrons. The molecule has 1 aromatic rings. The Balaban J connectivity index is 2.70. The maximum absolute atomic E-state index is 8.41. The molecule has 0 heterocycles. The number of anilines is 1. The van der Waals surface area contributed by atoms with Gasteiger partial charge in [-0.05, 0) is 43.0 Å². The van der Waals surface area contributed by atoms with Crippen LogP contribution in [-0.4, -0.2) is 4.99 Å². The van der Waals surface area contributed by atoms with Gasteiger partial charge in [-0.15, -0.1) is 0 Å². The van der Waals surface area contributed by atoms with E-state index in [1.807, 2.05) is 36.6 Å². The molecule has 0 amide bonds. The molecule has 0 fully saturated rings. The molecule has 0 saturated heterocycles. The molecule has 13 heavy (non-hydrogen) atoms. The lowest BCUT2D eigenvalue weighted by atomic mass is 10.3. The molecule has 0 aliphatic rings. The van der Waals surface area contributed by atoms with E-state index in [0.717, 1.165) is 27.3 Å². The van der Waals surface area contributed by atoms with E-state index >= 15 is 0 Å². The third-order valence-corrected chi connectivity index (χ3v) is 2.04. The minimum absolute atomic E-state index is 0.737. The van der Waals surface area contributed by atoms with E-state index in [0.29, 0.717) is 0 Å². The van der Waals surface area contributed by atoms with Gasteiger partial charge in [-0.25, -0.2) is 0 Å². The van der Waals surface area contributed by atoms with E-state index in [-0.39, 0.29) is 0 Å². The minimum Gasteiger partial charge on any atom is -0.350 e. The van der Waals surface area contributed by atoms with Crippen molar-refractivity contribution in [3.63, 3.8) is 0 Å². The molecule has 66 valence electrons. The van der Waals surface area contributed by atoms with Gasteiger partial charge in [0.2, 0.25) is 0 Å². The smallest absolute Gasteiger partial charge is 0.138 e. The first-order valence-corrected chi connectivity index (χ1v) is 4.88. The topological polar surface area (TPSA) is 35.8 Å². The van der Waals surface area contributed by atoms with Crippen molar-refractivity contribution in [2.75, 3.05) is 5.32 Å². The average Bonchev–Trinajstić information content (AvgIpc) is 2.08. The molecule has 0 aliphatic heterocycles. The number of thioether (sulfide) groups is 1. The van der Waals surface area contributed by atoms with Crippen LogP contribution in [0, 0.1) is 10.7 Å². The van der Waals surface area contributed by atoms with Crippen molar-refractivity contribution in [2.45, 2.75) is 11.8 Å². The van der Waals surface area contributed by atoms with Crippen LogP contribution in [0.2, 0.25) is 0 Å². The zero-order valence-corrected chi connectivity index (χ0v) is 8.71. The van der Waals surface area contributed by atoms with E-state index in [1.54, 1.807) is 0 Å². The van der Waals surface area contributed by atoms with Crippen LogP contribution in [0.4, 0.5) is 5.69 Å². The maximum Gasteiger partial charge on any atom is 0.138 e. The summed E-state index contributed by atoms with van der Waals surface area (Å²) in [7, 11) is 0. The Kier molecular flexibility index (Phi) is 3.74. The monoisotopic (exact) mass is 208 g/mol. The number of rotatable bonds is 2. The van der Waals surface area contributed by atoms with Crippen LogP contribution in [0.5, 0.6) is 0 Å². The van der Waals surface area contributed by atoms with Gasteiger partial charge in [0.25, 0.3) is 0 Å². The number of hydrogen-bond acceptors (Lipinski definition) is 3. The lowest BCUT2D eigenvalue weighted by molar-refractivity contribution is 1.46. The summed E-state index contributed by atoms with van der Waals surface area (Å²) in [6, 6.07) is 7.56. The number of nitriles is 1. The molecule has 1 N–H and O–H groups in total. The number of nitrogens with one attached hydrogen (secondary N) is 1. The average molecular weight is 208 g/mol. The van der Waals surface area contributed by atoms with Gasteiger partial charge in [-0.1, -0.05) is 12.2 Å². The van der Waals surface area contributed by atoms with E-state index in [1.165, 1.54) is 0 Å². The molecule has 0 saturated carbocycles. The summed E-state index contributed by atoms with van der Waals surface area (Å²) in [6.45, 7) is 1.83. The van der Waals surface area contributed by atoms with Crippen molar-refractivity contribution < 1.29 is 0 Å². The summed E-state index contributed by atoms with van der Waals surface area (Å²) in [6.07, 6.45) is 0. The summed E-state index contributed by atoms with van der Waals surface area (Å²) in [5.41, 5.74) is 0.954. The zero-order valence-electron chi connectivity index (χ0n) is 7.07. The van der Waals surface area contributed by atoms with Gasteiger partial charge < -0.3 is 5.32 Å². The summed E-state index contributed by atoms with van der Waals surface area (Å²) in [5.74, 6) is 0. The van der Waals surface area contributed by atoms with E-state index in [9.17, 15) is 0 Å². The molecule has 0 unspecified atom stereocenters. The summed E-state index contributed by atoms with van der Waals surface area (Å²) < 4.78 is 0. The van der Waals surface area contributed by atoms with Crippen LogP contribution in [0.3, 0.4) is 0 Å². The largest absolute Gasteiger partial charge is 0.350 e. The normalized spacial score (nSPS) is 8.92. The predicted molar refractivity (Wildman–Crippen MR) is 59.8 cm³/mol. The molecule has 0 spiro atoms. The highest BCUT2D eigenvalue weighted by molar-refractivity contribution is 8.03. The Hall–Kier alpha value is -1.05. The van der Waals surface area contributed by atoms with Gasteiger partial charge in [0.05, 0.1) is 4.99 Å². The fourth-order valence-corrected chi connectivity index (χ4v) is 1.36. The van der Waals surface area contributed by atoms with Crippen LogP contribution in [0.1, 0.15) is 6.92 Å². The Morgan fingerprint density at radius 2 is 2.08 bits per heavy atom. The summed E-state index contributed by atoms with van der Waals surface area (Å²) in [4.78, 5) is 1.68. The second-order valence-electron chi connectivity index (χ2n) is 2.40. The molecular weight excluding hydrogens is 200 g/mol. The first kappa shape index (κ1) is 10.0. The molecule has 0 atom stereocenters. The number of thiocarbonyl (C=S) groups is 1. The third-order valence-electron chi connectivity index (χ3n) is 1.34. The lowest BCUT2D eigenvalue weighted by Crippen LogP contribution is -2.02. The second-order valence-corrected chi connectivity index (χ2v) is 3.87. The van der Waals surface area contributed by atoms with Crippen molar-refractivity contribution in [3.05, 3.63) is 24.3 Å². The maximum atomic E-state index is 8.41. The van der Waals surface area contributed by atoms with Gasteiger partial charge in [0.1, 0.15) is 5.40 Å². The van der Waals surface area contributed by atoms with Crippen molar-refractivity contribution in [1.29, 1.82) is 5.26 Å². The molecule has 0 bridgehead atoms. The summed E-state index contributed by atoms with van der Waals surface area (Å²) >= 11 is 6.04. The third kappa shape index (κ3) is 3.45. The second kappa shape index (κ2) is 4.85. The van der Waals surface area contributed by atoms with E-state index in [4.69, 9.17) is 17.5 Å². The molecule has 4 heteroatoms. The minimum atomic E-state index is 0.737. The molecule has 1 rings (SSSR count). The van der Waals surface area contributed by atoms with Gasteiger partial charge >= 0.3 is 0 Å². The molecular formula is C9H8N2S2. The van der Waals surface area contributed by atoms with Crippen LogP contribution in [0.25, 0.3) is 0 Å². The predicted octanol–water partition coefficient (Wildman–Crippen LogP) is 3.02. The van der Waals surface area contributed by atoms with Crippen LogP contribution >= 0.6 is 24.0 Å². The molecule has 1 aromatic carbocycles. The molecule has 2 nitrogen and oxygen atoms in total. The fraction of sp³-hybridized carbons (Fsp3) is 0.111. The highest BCUT2D eigenvalue weighted by atomic mass is 32.2. The van der Waals surface area contributed by atoms with Gasteiger partial charge in [0.15, 0.2) is 0 Å². The van der Waals surface area contributed by atoms with Crippen LogP contribution < -0.4 is 5.32 Å². The highest BCUT2D eigenvalue weighted by Crippen LogP contribution is 2.18.